The van der Waals surface area contributed by atoms with Crippen LogP contribution in [0.4, 0.5) is 8.78 Å². The molecule has 0 saturated heterocycles. The number of hydrogen-bond acceptors (Lipinski definition) is 3. The molecule has 1 aromatic heterocycles. The quantitative estimate of drug-likeness (QED) is 0.670. The number of benzene rings is 1. The summed E-state index contributed by atoms with van der Waals surface area (Å²) in [7, 11) is 0. The van der Waals surface area contributed by atoms with E-state index in [1.807, 2.05) is 12.3 Å². The Balaban J connectivity index is 2.45. The number of aryl methyl sites for hydroxylation is 1. The first-order valence-electron chi connectivity index (χ1n) is 5.19. The number of halogens is 3. The van der Waals surface area contributed by atoms with E-state index in [1.165, 1.54) is 17.4 Å². The average Bonchev–Trinajstić information content (AvgIpc) is 2.67. The Labute approximate surface area is 112 Å². The molecule has 0 bridgehead atoms. The molecular weight excluding hydrogens is 278 g/mol. The third-order valence-corrected chi connectivity index (χ3v) is 4.41. The van der Waals surface area contributed by atoms with E-state index in [-0.39, 0.29) is 0 Å². The fourth-order valence-electron chi connectivity index (χ4n) is 1.66. The van der Waals surface area contributed by atoms with Crippen LogP contribution in [-0.4, -0.2) is 0 Å². The topological polar surface area (TPSA) is 38.0 Å². The van der Waals surface area contributed by atoms with Crippen molar-refractivity contribution in [2.75, 3.05) is 0 Å². The Hall–Kier alpha value is -1.01. The van der Waals surface area contributed by atoms with Crippen molar-refractivity contribution in [1.82, 2.24) is 5.43 Å². The summed E-state index contributed by atoms with van der Waals surface area (Å²) in [6.07, 6.45) is 0. The lowest BCUT2D eigenvalue weighted by molar-refractivity contribution is 0.504. The van der Waals surface area contributed by atoms with E-state index in [0.29, 0.717) is 10.6 Å². The lowest BCUT2D eigenvalue weighted by Crippen LogP contribution is -2.28. The summed E-state index contributed by atoms with van der Waals surface area (Å²) in [6.45, 7) is 1.88. The second-order valence-corrected chi connectivity index (χ2v) is 5.16. The summed E-state index contributed by atoms with van der Waals surface area (Å²) >= 11 is 7.57. The van der Waals surface area contributed by atoms with E-state index in [1.54, 1.807) is 0 Å². The van der Waals surface area contributed by atoms with Crippen molar-refractivity contribution in [3.8, 4) is 0 Å². The normalized spacial score (nSPS) is 12.7. The van der Waals surface area contributed by atoms with E-state index in [4.69, 9.17) is 17.4 Å². The Morgan fingerprint density at radius 1 is 1.33 bits per heavy atom. The number of rotatable bonds is 3. The van der Waals surface area contributed by atoms with Crippen LogP contribution >= 0.6 is 22.9 Å². The number of hydrazine groups is 1. The molecule has 0 fully saturated rings. The molecule has 1 heterocycles. The van der Waals surface area contributed by atoms with Crippen LogP contribution in [0, 0.1) is 18.6 Å². The molecule has 2 aromatic rings. The van der Waals surface area contributed by atoms with Gasteiger partial charge in [0.2, 0.25) is 0 Å². The SMILES string of the molecule is Cc1csc(C(NN)c2ccc(F)c(F)c2)c1Cl. The Morgan fingerprint density at radius 3 is 2.56 bits per heavy atom. The molecule has 0 aliphatic rings. The van der Waals surface area contributed by atoms with Gasteiger partial charge in [-0.3, -0.25) is 5.84 Å². The van der Waals surface area contributed by atoms with Gasteiger partial charge in [0.25, 0.3) is 0 Å². The molecule has 0 aliphatic heterocycles. The number of nitrogens with two attached hydrogens (primary N) is 1. The molecule has 0 radical (unpaired) electrons. The van der Waals surface area contributed by atoms with E-state index >= 15 is 0 Å². The van der Waals surface area contributed by atoms with Gasteiger partial charge in [-0.1, -0.05) is 17.7 Å². The van der Waals surface area contributed by atoms with Gasteiger partial charge in [0.05, 0.1) is 11.1 Å². The van der Waals surface area contributed by atoms with Gasteiger partial charge in [-0.15, -0.1) is 11.3 Å². The first-order chi connectivity index (χ1) is 8.54. The minimum Gasteiger partial charge on any atom is -0.271 e. The lowest BCUT2D eigenvalue weighted by Gasteiger charge is -2.15. The largest absolute Gasteiger partial charge is 0.271 e. The van der Waals surface area contributed by atoms with Crippen molar-refractivity contribution in [2.24, 2.45) is 5.84 Å². The first kappa shape index (κ1) is 13.4. The summed E-state index contributed by atoms with van der Waals surface area (Å²) in [5, 5.41) is 2.48. The Kier molecular flexibility index (Phi) is 3.97. The highest BCUT2D eigenvalue weighted by atomic mass is 35.5. The fraction of sp³-hybridized carbons (Fsp3) is 0.167. The highest BCUT2D eigenvalue weighted by Gasteiger charge is 2.20. The van der Waals surface area contributed by atoms with Gasteiger partial charge >= 0.3 is 0 Å². The zero-order valence-electron chi connectivity index (χ0n) is 9.51. The lowest BCUT2D eigenvalue weighted by atomic mass is 10.1. The van der Waals surface area contributed by atoms with E-state index in [9.17, 15) is 8.78 Å². The maximum atomic E-state index is 13.2. The number of hydrogen-bond donors (Lipinski definition) is 2. The molecule has 0 spiro atoms. The summed E-state index contributed by atoms with van der Waals surface area (Å²) in [6, 6.07) is 3.22. The van der Waals surface area contributed by atoms with Crippen LogP contribution < -0.4 is 11.3 Å². The third-order valence-electron chi connectivity index (χ3n) is 2.63. The fourth-order valence-corrected chi connectivity index (χ4v) is 3.05. The van der Waals surface area contributed by atoms with E-state index < -0.39 is 17.7 Å². The van der Waals surface area contributed by atoms with Crippen LogP contribution in [0.2, 0.25) is 5.02 Å². The van der Waals surface area contributed by atoms with Crippen molar-refractivity contribution in [1.29, 1.82) is 0 Å². The highest BCUT2D eigenvalue weighted by Crippen LogP contribution is 2.35. The predicted molar refractivity (Wildman–Crippen MR) is 69.6 cm³/mol. The third kappa shape index (κ3) is 2.40. The van der Waals surface area contributed by atoms with Crippen LogP contribution in [0.3, 0.4) is 0 Å². The summed E-state index contributed by atoms with van der Waals surface area (Å²) < 4.78 is 26.1. The molecule has 96 valence electrons. The monoisotopic (exact) mass is 288 g/mol. The highest BCUT2D eigenvalue weighted by molar-refractivity contribution is 7.10. The second kappa shape index (κ2) is 5.32. The van der Waals surface area contributed by atoms with Gasteiger partial charge in [-0.2, -0.15) is 0 Å². The first-order valence-corrected chi connectivity index (χ1v) is 6.45. The van der Waals surface area contributed by atoms with Gasteiger partial charge in [-0.05, 0) is 35.6 Å². The molecule has 0 amide bonds. The molecule has 1 unspecified atom stereocenters. The van der Waals surface area contributed by atoms with Crippen LogP contribution in [0.15, 0.2) is 23.6 Å². The maximum absolute atomic E-state index is 13.2. The number of nitrogens with one attached hydrogen (secondary N) is 1. The van der Waals surface area contributed by atoms with E-state index in [0.717, 1.165) is 22.6 Å². The van der Waals surface area contributed by atoms with Crippen LogP contribution in [-0.2, 0) is 0 Å². The van der Waals surface area contributed by atoms with Crippen LogP contribution in [0.25, 0.3) is 0 Å². The van der Waals surface area contributed by atoms with Crippen molar-refractivity contribution in [2.45, 2.75) is 13.0 Å². The molecule has 2 rings (SSSR count). The van der Waals surface area contributed by atoms with Gasteiger partial charge in [0, 0.05) is 4.88 Å². The van der Waals surface area contributed by atoms with Crippen LogP contribution in [0.5, 0.6) is 0 Å². The molecule has 0 aliphatic carbocycles. The van der Waals surface area contributed by atoms with Crippen molar-refractivity contribution < 1.29 is 8.78 Å². The second-order valence-electron chi connectivity index (χ2n) is 3.87. The minimum absolute atomic E-state index is 0.453. The molecule has 1 atom stereocenters. The maximum Gasteiger partial charge on any atom is 0.159 e. The number of thiophene rings is 1. The standard InChI is InChI=1S/C12H11ClF2N2S/c1-6-5-18-12(10(6)13)11(17-16)7-2-3-8(14)9(15)4-7/h2-5,11,17H,16H2,1H3. The minimum atomic E-state index is -0.905. The summed E-state index contributed by atoms with van der Waals surface area (Å²) in [5.41, 5.74) is 4.03. The van der Waals surface area contributed by atoms with Gasteiger partial charge < -0.3 is 0 Å². The molecule has 2 nitrogen and oxygen atoms in total. The van der Waals surface area contributed by atoms with Gasteiger partial charge in [0.1, 0.15) is 0 Å². The molecular formula is C12H11ClF2N2S. The zero-order valence-corrected chi connectivity index (χ0v) is 11.1. The zero-order chi connectivity index (χ0) is 13.3. The van der Waals surface area contributed by atoms with Crippen molar-refractivity contribution in [3.63, 3.8) is 0 Å². The van der Waals surface area contributed by atoms with Crippen LogP contribution in [0.1, 0.15) is 22.0 Å². The van der Waals surface area contributed by atoms with Gasteiger partial charge in [-0.25, -0.2) is 14.2 Å². The van der Waals surface area contributed by atoms with Crippen molar-refractivity contribution >= 4 is 22.9 Å². The Morgan fingerprint density at radius 2 is 2.06 bits per heavy atom. The molecule has 0 saturated carbocycles. The Bertz CT molecular complexity index is 571. The molecule has 3 N–H and O–H groups in total. The summed E-state index contributed by atoms with van der Waals surface area (Å²) in [4.78, 5) is 0.780. The van der Waals surface area contributed by atoms with Gasteiger partial charge in [0.15, 0.2) is 11.6 Å². The smallest absolute Gasteiger partial charge is 0.159 e. The molecule has 1 aromatic carbocycles. The molecule has 18 heavy (non-hydrogen) atoms. The molecule has 6 heteroatoms. The van der Waals surface area contributed by atoms with Crippen molar-refractivity contribution in [3.05, 3.63) is 56.2 Å². The predicted octanol–water partition coefficient (Wildman–Crippen LogP) is 3.54. The average molecular weight is 289 g/mol. The summed E-state index contributed by atoms with van der Waals surface area (Å²) in [5.74, 6) is 3.69. The van der Waals surface area contributed by atoms with E-state index in [2.05, 4.69) is 5.43 Å².